The van der Waals surface area contributed by atoms with Crippen molar-refractivity contribution in [3.05, 3.63) is 34.5 Å². The summed E-state index contributed by atoms with van der Waals surface area (Å²) in [4.78, 5) is 30.4. The van der Waals surface area contributed by atoms with Gasteiger partial charge in [0.2, 0.25) is 0 Å². The van der Waals surface area contributed by atoms with E-state index in [2.05, 4.69) is 10.3 Å². The first-order valence-corrected chi connectivity index (χ1v) is 9.68. The van der Waals surface area contributed by atoms with E-state index in [1.54, 1.807) is 20.8 Å². The van der Waals surface area contributed by atoms with Gasteiger partial charge in [-0.05, 0) is 63.2 Å². The predicted octanol–water partition coefficient (Wildman–Crippen LogP) is 3.10. The van der Waals surface area contributed by atoms with E-state index in [9.17, 15) is 19.1 Å². The lowest BCUT2D eigenvalue weighted by Crippen LogP contribution is -2.40. The molecule has 1 aromatic carbocycles. The van der Waals surface area contributed by atoms with Crippen molar-refractivity contribution in [1.29, 1.82) is 0 Å². The molecule has 1 aromatic rings. The molecule has 9 heteroatoms. The summed E-state index contributed by atoms with van der Waals surface area (Å²) < 4.78 is 18.6. The molecule has 2 heterocycles. The van der Waals surface area contributed by atoms with Gasteiger partial charge in [-0.1, -0.05) is 0 Å². The van der Waals surface area contributed by atoms with E-state index in [1.165, 1.54) is 23.9 Å². The lowest BCUT2D eigenvalue weighted by molar-refractivity contribution is -0.113. The van der Waals surface area contributed by atoms with Gasteiger partial charge in [0.15, 0.2) is 5.17 Å². The summed E-state index contributed by atoms with van der Waals surface area (Å²) in [7, 11) is 0. The fraction of sp³-hybridized carbons (Fsp3) is 0.421. The first-order chi connectivity index (χ1) is 13.1. The van der Waals surface area contributed by atoms with Gasteiger partial charge < -0.3 is 20.1 Å². The number of carbonyl (C=O) groups excluding carboxylic acids is 2. The Labute approximate surface area is 166 Å². The maximum Gasteiger partial charge on any atom is 0.407 e. The number of amides is 2. The van der Waals surface area contributed by atoms with E-state index < -0.39 is 23.4 Å². The minimum absolute atomic E-state index is 0.103. The number of phenolic OH excluding ortho intramolecular Hbond substituents is 1. The number of likely N-dealkylation sites (tertiary alicyclic amines) is 1. The van der Waals surface area contributed by atoms with Crippen molar-refractivity contribution in [3.8, 4) is 5.75 Å². The number of alkyl carbamates (subject to hydrolysis) is 1. The van der Waals surface area contributed by atoms with Crippen LogP contribution in [0.25, 0.3) is 6.08 Å². The van der Waals surface area contributed by atoms with Crippen molar-refractivity contribution in [2.75, 3.05) is 13.1 Å². The molecule has 1 unspecified atom stereocenters. The number of hydrogen-bond donors (Lipinski definition) is 2. The number of ether oxygens (including phenoxy) is 1. The smallest absolute Gasteiger partial charge is 0.407 e. The standard InChI is InChI=1S/C19H22FN3O4S/c1-19(2,3)27-18(26)21-13-6-7-23(10-13)17-22-16(25)15(28-17)9-11-8-12(20)4-5-14(11)24/h4-5,8-9,13,24H,6-7,10H2,1-3H3,(H,21,26)/b15-9-. The number of benzene rings is 1. The molecule has 0 aromatic heterocycles. The number of nitrogens with zero attached hydrogens (tertiary/aromatic N) is 2. The molecule has 2 N–H and O–H groups in total. The van der Waals surface area contributed by atoms with Crippen LogP contribution in [0.5, 0.6) is 5.75 Å². The van der Waals surface area contributed by atoms with Gasteiger partial charge >= 0.3 is 6.09 Å². The van der Waals surface area contributed by atoms with Gasteiger partial charge in [0.25, 0.3) is 5.91 Å². The van der Waals surface area contributed by atoms with Crippen molar-refractivity contribution in [1.82, 2.24) is 10.2 Å². The number of aromatic hydroxyl groups is 1. The molecule has 0 aliphatic carbocycles. The second-order valence-corrected chi connectivity index (χ2v) is 8.60. The molecule has 28 heavy (non-hydrogen) atoms. The summed E-state index contributed by atoms with van der Waals surface area (Å²) >= 11 is 1.17. The summed E-state index contributed by atoms with van der Waals surface area (Å²) in [6.45, 7) is 6.54. The van der Waals surface area contributed by atoms with Gasteiger partial charge in [-0.25, -0.2) is 9.18 Å². The van der Waals surface area contributed by atoms with Crippen molar-refractivity contribution >= 4 is 35.0 Å². The maximum absolute atomic E-state index is 13.4. The van der Waals surface area contributed by atoms with E-state index in [4.69, 9.17) is 4.74 Å². The zero-order chi connectivity index (χ0) is 20.5. The SMILES string of the molecule is CC(C)(C)OC(=O)NC1CCN(C2=NC(=O)/C(=C/c3cc(F)ccc3O)S2)C1. The van der Waals surface area contributed by atoms with Gasteiger partial charge in [0, 0.05) is 18.7 Å². The molecule has 0 saturated carbocycles. The van der Waals surface area contributed by atoms with Crippen LogP contribution in [0.4, 0.5) is 9.18 Å². The summed E-state index contributed by atoms with van der Waals surface area (Å²) in [5, 5.41) is 13.2. The lowest BCUT2D eigenvalue weighted by Gasteiger charge is -2.22. The van der Waals surface area contributed by atoms with Crippen LogP contribution in [0.3, 0.4) is 0 Å². The summed E-state index contributed by atoms with van der Waals surface area (Å²) in [6, 6.07) is 3.44. The largest absolute Gasteiger partial charge is 0.507 e. The van der Waals surface area contributed by atoms with Crippen LogP contribution in [-0.2, 0) is 9.53 Å². The van der Waals surface area contributed by atoms with Crippen LogP contribution in [0, 0.1) is 5.82 Å². The van der Waals surface area contributed by atoms with Crippen molar-refractivity contribution in [2.45, 2.75) is 38.8 Å². The Hall–Kier alpha value is -2.55. The number of halogens is 1. The lowest BCUT2D eigenvalue weighted by atomic mass is 10.2. The molecule has 1 fully saturated rings. The summed E-state index contributed by atoms with van der Waals surface area (Å²) in [6.07, 6.45) is 1.66. The third-order valence-electron chi connectivity index (χ3n) is 4.07. The van der Waals surface area contributed by atoms with Crippen molar-refractivity contribution in [2.24, 2.45) is 4.99 Å². The zero-order valence-corrected chi connectivity index (χ0v) is 16.7. The molecule has 7 nitrogen and oxygen atoms in total. The Bertz CT molecular complexity index is 863. The average Bonchev–Trinajstić information content (AvgIpc) is 3.16. The van der Waals surface area contributed by atoms with E-state index in [-0.39, 0.29) is 17.4 Å². The molecule has 0 bridgehead atoms. The Kier molecular flexibility index (Phi) is 5.64. The number of hydrogen-bond acceptors (Lipinski definition) is 6. The first-order valence-electron chi connectivity index (χ1n) is 8.86. The molecular weight excluding hydrogens is 385 g/mol. The third kappa shape index (κ3) is 5.03. The Morgan fingerprint density at radius 1 is 1.46 bits per heavy atom. The van der Waals surface area contributed by atoms with Crippen LogP contribution >= 0.6 is 11.8 Å². The topological polar surface area (TPSA) is 91.2 Å². The second-order valence-electron chi connectivity index (χ2n) is 7.59. The maximum atomic E-state index is 13.4. The molecule has 0 spiro atoms. The third-order valence-corrected chi connectivity index (χ3v) is 5.11. The van der Waals surface area contributed by atoms with Gasteiger partial charge in [-0.15, -0.1) is 0 Å². The molecule has 1 saturated heterocycles. The molecular formula is C19H22FN3O4S. The van der Waals surface area contributed by atoms with Crippen molar-refractivity contribution in [3.63, 3.8) is 0 Å². The number of amidine groups is 1. The minimum Gasteiger partial charge on any atom is -0.507 e. The number of phenols is 1. The molecule has 2 aliphatic rings. The summed E-state index contributed by atoms with van der Waals surface area (Å²) in [5.74, 6) is -1.05. The molecule has 3 rings (SSSR count). The quantitative estimate of drug-likeness (QED) is 0.732. The fourth-order valence-electron chi connectivity index (χ4n) is 2.84. The first kappa shape index (κ1) is 20.2. The van der Waals surface area contributed by atoms with Crippen LogP contribution in [0.15, 0.2) is 28.1 Å². The number of aliphatic imine (C=N–C) groups is 1. The zero-order valence-electron chi connectivity index (χ0n) is 15.9. The normalized spacial score (nSPS) is 21.2. The highest BCUT2D eigenvalue weighted by Crippen LogP contribution is 2.33. The average molecular weight is 407 g/mol. The van der Waals surface area contributed by atoms with Gasteiger partial charge in [-0.2, -0.15) is 4.99 Å². The van der Waals surface area contributed by atoms with Gasteiger partial charge in [-0.3, -0.25) is 4.79 Å². The molecule has 0 radical (unpaired) electrons. The molecule has 2 amide bonds. The van der Waals surface area contributed by atoms with E-state index in [1.807, 2.05) is 4.90 Å². The highest BCUT2D eigenvalue weighted by Gasteiger charge is 2.32. The summed E-state index contributed by atoms with van der Waals surface area (Å²) in [5.41, 5.74) is -0.347. The van der Waals surface area contributed by atoms with Crippen molar-refractivity contribution < 1.29 is 23.8 Å². The fourth-order valence-corrected chi connectivity index (χ4v) is 3.78. The van der Waals surface area contributed by atoms with E-state index in [0.29, 0.717) is 29.6 Å². The molecule has 1 atom stereocenters. The number of nitrogens with one attached hydrogen (secondary N) is 1. The van der Waals surface area contributed by atoms with Crippen LogP contribution in [-0.4, -0.2) is 51.9 Å². The van der Waals surface area contributed by atoms with Crippen LogP contribution < -0.4 is 5.32 Å². The number of thioether (sulfide) groups is 1. The monoisotopic (exact) mass is 407 g/mol. The van der Waals surface area contributed by atoms with E-state index in [0.717, 1.165) is 12.1 Å². The Morgan fingerprint density at radius 2 is 2.21 bits per heavy atom. The molecule has 150 valence electrons. The second kappa shape index (κ2) is 7.83. The number of carbonyl (C=O) groups is 2. The Morgan fingerprint density at radius 3 is 2.93 bits per heavy atom. The predicted molar refractivity (Wildman–Crippen MR) is 105 cm³/mol. The molecule has 2 aliphatic heterocycles. The highest BCUT2D eigenvalue weighted by molar-refractivity contribution is 8.18. The van der Waals surface area contributed by atoms with Crippen LogP contribution in [0.2, 0.25) is 0 Å². The van der Waals surface area contributed by atoms with Gasteiger partial charge in [0.1, 0.15) is 17.2 Å². The van der Waals surface area contributed by atoms with Crippen LogP contribution in [0.1, 0.15) is 32.8 Å². The Balaban J connectivity index is 1.61. The van der Waals surface area contributed by atoms with Gasteiger partial charge in [0.05, 0.1) is 10.9 Å². The van der Waals surface area contributed by atoms with E-state index >= 15 is 0 Å². The minimum atomic E-state index is -0.567. The number of rotatable bonds is 2. The highest BCUT2D eigenvalue weighted by atomic mass is 32.2.